The van der Waals surface area contributed by atoms with E-state index in [1.165, 1.54) is 12.4 Å². The highest BCUT2D eigenvalue weighted by Crippen LogP contribution is 2.00. The van der Waals surface area contributed by atoms with E-state index >= 15 is 0 Å². The van der Waals surface area contributed by atoms with Crippen molar-refractivity contribution in [3.05, 3.63) is 18.1 Å². The highest BCUT2D eigenvalue weighted by molar-refractivity contribution is 5.91. The molecule has 8 heteroatoms. The van der Waals surface area contributed by atoms with E-state index in [0.29, 0.717) is 32.1 Å². The average Bonchev–Trinajstić information content (AvgIpc) is 2.40. The summed E-state index contributed by atoms with van der Waals surface area (Å²) in [6.07, 6.45) is 2.76. The van der Waals surface area contributed by atoms with Crippen LogP contribution < -0.4 is 16.7 Å². The molecule has 1 saturated heterocycles. The highest BCUT2D eigenvalue weighted by Gasteiger charge is 2.15. The van der Waals surface area contributed by atoms with Crippen LogP contribution in [0.25, 0.3) is 0 Å². The molecule has 0 saturated carbocycles. The quantitative estimate of drug-likeness (QED) is 0.446. The van der Waals surface area contributed by atoms with Crippen LogP contribution in [0.5, 0.6) is 0 Å². The Bertz CT molecular complexity index is 376. The van der Waals surface area contributed by atoms with Gasteiger partial charge in [-0.05, 0) is 0 Å². The summed E-state index contributed by atoms with van der Waals surface area (Å²) in [5, 5.41) is 1.79. The van der Waals surface area contributed by atoms with Crippen molar-refractivity contribution in [2.24, 2.45) is 5.84 Å². The summed E-state index contributed by atoms with van der Waals surface area (Å²) in [5.74, 6) is 5.27. The van der Waals surface area contributed by atoms with Gasteiger partial charge in [0.15, 0.2) is 5.82 Å². The van der Waals surface area contributed by atoms with E-state index in [0.717, 1.165) is 0 Å². The summed E-state index contributed by atoms with van der Waals surface area (Å²) in [6, 6.07) is 0. The first-order valence-electron chi connectivity index (χ1n) is 5.22. The maximum atomic E-state index is 11.8. The average molecular weight is 238 g/mol. The third kappa shape index (κ3) is 3.09. The number of amides is 1. The van der Waals surface area contributed by atoms with Gasteiger partial charge in [-0.1, -0.05) is 0 Å². The Hall–Kier alpha value is -1.77. The molecule has 0 unspecified atom stereocenters. The fraction of sp³-hybridized carbons (Fsp3) is 0.444. The monoisotopic (exact) mass is 238 g/mol. The zero-order valence-electron chi connectivity index (χ0n) is 9.22. The molecule has 4 N–H and O–H groups in total. The van der Waals surface area contributed by atoms with Gasteiger partial charge in [0.25, 0.3) is 5.91 Å². The molecule has 0 aliphatic carbocycles. The topological polar surface area (TPSA) is 105 Å². The minimum atomic E-state index is -0.289. The number of hydrogen-bond donors (Lipinski definition) is 3. The molecule has 0 aromatic carbocycles. The Morgan fingerprint density at radius 1 is 1.35 bits per heavy atom. The molecular weight excluding hydrogens is 224 g/mol. The van der Waals surface area contributed by atoms with Crippen molar-refractivity contribution in [2.75, 3.05) is 31.7 Å². The number of nitrogen functional groups attached to an aromatic ring is 1. The summed E-state index contributed by atoms with van der Waals surface area (Å²) in [6.45, 7) is 2.56. The number of hydrazine groups is 2. The van der Waals surface area contributed by atoms with E-state index in [2.05, 4.69) is 20.8 Å². The number of nitrogens with one attached hydrogen (secondary N) is 2. The first-order chi connectivity index (χ1) is 8.29. The van der Waals surface area contributed by atoms with Crippen LogP contribution in [0.4, 0.5) is 5.82 Å². The van der Waals surface area contributed by atoms with Crippen molar-refractivity contribution >= 4 is 11.7 Å². The number of aromatic nitrogens is 2. The third-order valence-electron chi connectivity index (χ3n) is 2.30. The molecule has 0 bridgehead atoms. The summed E-state index contributed by atoms with van der Waals surface area (Å²) in [5.41, 5.74) is 5.32. The van der Waals surface area contributed by atoms with Gasteiger partial charge in [-0.2, -0.15) is 0 Å². The van der Waals surface area contributed by atoms with Crippen LogP contribution in [0.3, 0.4) is 0 Å². The molecular formula is C9H14N6O2. The number of rotatable bonds is 3. The second-order valence-corrected chi connectivity index (χ2v) is 3.47. The first kappa shape index (κ1) is 11.7. The molecule has 2 rings (SSSR count). The van der Waals surface area contributed by atoms with E-state index in [-0.39, 0.29) is 11.6 Å². The maximum Gasteiger partial charge on any atom is 0.285 e. The lowest BCUT2D eigenvalue weighted by atomic mass is 10.4. The molecule has 1 amide bonds. The lowest BCUT2D eigenvalue weighted by Gasteiger charge is -2.26. The van der Waals surface area contributed by atoms with E-state index in [1.807, 2.05) is 0 Å². The van der Waals surface area contributed by atoms with Gasteiger partial charge in [-0.3, -0.25) is 10.2 Å². The van der Waals surface area contributed by atoms with Gasteiger partial charge < -0.3 is 10.2 Å². The molecule has 92 valence electrons. The zero-order chi connectivity index (χ0) is 12.1. The zero-order valence-corrected chi connectivity index (χ0v) is 9.22. The summed E-state index contributed by atoms with van der Waals surface area (Å²) >= 11 is 0. The molecule has 1 aromatic rings. The largest absolute Gasteiger partial charge is 0.379 e. The van der Waals surface area contributed by atoms with E-state index in [4.69, 9.17) is 10.6 Å². The number of carbonyl (C=O) groups is 1. The van der Waals surface area contributed by atoms with Gasteiger partial charge >= 0.3 is 0 Å². The molecule has 0 spiro atoms. The number of anilines is 1. The molecule has 2 heterocycles. The Morgan fingerprint density at radius 2 is 2.12 bits per heavy atom. The fourth-order valence-electron chi connectivity index (χ4n) is 1.40. The minimum Gasteiger partial charge on any atom is -0.379 e. The SMILES string of the molecule is NNc1cnc(C(=O)NN2CCOCC2)cn1. The lowest BCUT2D eigenvalue weighted by Crippen LogP contribution is -2.48. The first-order valence-corrected chi connectivity index (χ1v) is 5.22. The van der Waals surface area contributed by atoms with Crippen molar-refractivity contribution in [3.8, 4) is 0 Å². The third-order valence-corrected chi connectivity index (χ3v) is 2.30. The smallest absolute Gasteiger partial charge is 0.285 e. The van der Waals surface area contributed by atoms with Crippen LogP contribution in [0.15, 0.2) is 12.4 Å². The molecule has 1 aliphatic rings. The van der Waals surface area contributed by atoms with E-state index in [1.54, 1.807) is 5.01 Å². The van der Waals surface area contributed by atoms with Gasteiger partial charge in [0.2, 0.25) is 0 Å². The number of nitrogens with two attached hydrogens (primary N) is 1. The van der Waals surface area contributed by atoms with Gasteiger partial charge in [-0.25, -0.2) is 20.8 Å². The van der Waals surface area contributed by atoms with Crippen LogP contribution in [-0.2, 0) is 4.74 Å². The number of carbonyl (C=O) groups excluding carboxylic acids is 1. The summed E-state index contributed by atoms with van der Waals surface area (Å²) < 4.78 is 5.17. The summed E-state index contributed by atoms with van der Waals surface area (Å²) in [4.78, 5) is 19.6. The molecule has 1 aromatic heterocycles. The minimum absolute atomic E-state index is 0.246. The van der Waals surface area contributed by atoms with Crippen LogP contribution >= 0.6 is 0 Å². The standard InChI is InChI=1S/C9H14N6O2/c10-13-8-6-11-7(5-12-8)9(16)14-15-1-3-17-4-2-15/h5-6H,1-4,10H2,(H,12,13)(H,14,16). The predicted molar refractivity (Wildman–Crippen MR) is 59.7 cm³/mol. The van der Waals surface area contributed by atoms with Crippen molar-refractivity contribution in [2.45, 2.75) is 0 Å². The predicted octanol–water partition coefficient (Wildman–Crippen LogP) is -1.26. The lowest BCUT2D eigenvalue weighted by molar-refractivity contribution is 0.0124. The summed E-state index contributed by atoms with van der Waals surface area (Å²) in [7, 11) is 0. The Morgan fingerprint density at radius 3 is 2.71 bits per heavy atom. The molecule has 0 radical (unpaired) electrons. The Labute approximate surface area is 98.1 Å². The van der Waals surface area contributed by atoms with Crippen LogP contribution in [0.1, 0.15) is 10.5 Å². The molecule has 0 atom stereocenters. The molecule has 8 nitrogen and oxygen atoms in total. The van der Waals surface area contributed by atoms with Crippen molar-refractivity contribution < 1.29 is 9.53 Å². The van der Waals surface area contributed by atoms with Gasteiger partial charge in [0.1, 0.15) is 5.69 Å². The number of ether oxygens (including phenoxy) is 1. The number of morpholine rings is 1. The molecule has 17 heavy (non-hydrogen) atoms. The van der Waals surface area contributed by atoms with Crippen molar-refractivity contribution in [1.82, 2.24) is 20.4 Å². The molecule has 1 fully saturated rings. The second kappa shape index (κ2) is 5.53. The highest BCUT2D eigenvalue weighted by atomic mass is 16.5. The maximum absolute atomic E-state index is 11.8. The Balaban J connectivity index is 1.93. The number of hydrogen-bond acceptors (Lipinski definition) is 7. The van der Waals surface area contributed by atoms with Gasteiger partial charge in [0, 0.05) is 13.1 Å². The van der Waals surface area contributed by atoms with Gasteiger partial charge in [-0.15, -0.1) is 0 Å². The molecule has 1 aliphatic heterocycles. The fourth-order valence-corrected chi connectivity index (χ4v) is 1.40. The Kier molecular flexibility index (Phi) is 3.81. The van der Waals surface area contributed by atoms with E-state index < -0.39 is 0 Å². The normalized spacial score (nSPS) is 16.5. The second-order valence-electron chi connectivity index (χ2n) is 3.47. The van der Waals surface area contributed by atoms with Crippen LogP contribution in [0.2, 0.25) is 0 Å². The van der Waals surface area contributed by atoms with Crippen molar-refractivity contribution in [3.63, 3.8) is 0 Å². The van der Waals surface area contributed by atoms with Crippen molar-refractivity contribution in [1.29, 1.82) is 0 Å². The number of nitrogens with zero attached hydrogens (tertiary/aromatic N) is 3. The van der Waals surface area contributed by atoms with E-state index in [9.17, 15) is 4.79 Å². The van der Waals surface area contributed by atoms with Crippen LogP contribution in [-0.4, -0.2) is 47.2 Å². The van der Waals surface area contributed by atoms with Crippen LogP contribution in [0, 0.1) is 0 Å². The van der Waals surface area contributed by atoms with Gasteiger partial charge in [0.05, 0.1) is 25.6 Å².